The lowest BCUT2D eigenvalue weighted by Crippen LogP contribution is -2.30. The van der Waals surface area contributed by atoms with Crippen molar-refractivity contribution in [3.63, 3.8) is 0 Å². The molecule has 0 aliphatic heterocycles. The Morgan fingerprint density at radius 2 is 0.570 bits per heavy atom. The minimum absolute atomic E-state index is 0.0863. The lowest BCUT2D eigenvalue weighted by molar-refractivity contribution is -0.161. The normalized spacial score (nSPS) is 15.0. The lowest BCUT2D eigenvalue weighted by atomic mass is 10.1. The van der Waals surface area contributed by atoms with E-state index in [-0.39, 0.29) is 19.3 Å². The zero-order valence-corrected chi connectivity index (χ0v) is 59.4. The number of ether oxygens (including phenoxy) is 3. The maximum atomic E-state index is 12.9. The number of phosphoric acid groups is 2. The molecule has 0 bridgehead atoms. The third kappa shape index (κ3) is 68.9. The van der Waals surface area contributed by atoms with Crippen molar-refractivity contribution in [2.24, 2.45) is 0 Å². The van der Waals surface area contributed by atoms with Gasteiger partial charge < -0.3 is 34.2 Å². The molecule has 16 nitrogen and oxygen atoms in total. The van der Waals surface area contributed by atoms with E-state index >= 15 is 0 Å². The van der Waals surface area contributed by atoms with E-state index < -0.39 is 91.5 Å². The Hall–Kier alpha value is -4.31. The van der Waals surface area contributed by atoms with Crippen LogP contribution < -0.4 is 0 Å². The van der Waals surface area contributed by atoms with Crippen molar-refractivity contribution in [2.45, 2.75) is 283 Å². The van der Waals surface area contributed by atoms with E-state index in [1.54, 1.807) is 0 Å². The average molecular weight is 1350 g/mol. The molecule has 0 amide bonds. The van der Waals surface area contributed by atoms with Gasteiger partial charge in [-0.2, -0.15) is 0 Å². The standard InChI is InChI=1S/C75H126O16P2/c1-4-7-10-13-16-19-22-25-28-30-32-34-36-38-41-43-46-49-52-55-58-61-73(78)85-64-70(76)65-87-92(81,82)88-66-71(77)67-89-93(83,84)90-69-72(91-75(80)63-60-57-54-51-48-45-40-27-24-21-18-15-12-9-6-3)68-86-74(79)62-59-56-53-50-47-44-42-39-37-35-33-31-29-26-23-20-17-14-11-8-5-2/h7-8,10-11,16-17,19-20,25-29,32-35,38-42,70-72,76-77H,4-6,9,12-15,18,21-24,30-31,36-37,43-69H2,1-3H3,(H,81,82)(H,83,84)/b10-7-,11-8-,19-16-,20-17-,28-25-,29-26-,34-32-,35-33-,40-27-,41-38-,42-39-. The summed E-state index contributed by atoms with van der Waals surface area (Å²) in [6.45, 7) is 2.37. The van der Waals surface area contributed by atoms with E-state index in [1.165, 1.54) is 38.5 Å². The largest absolute Gasteiger partial charge is 0.472 e. The number of carbonyl (C=O) groups is 3. The molecule has 0 saturated heterocycles. The van der Waals surface area contributed by atoms with Gasteiger partial charge in [-0.25, -0.2) is 9.13 Å². The lowest BCUT2D eigenvalue weighted by Gasteiger charge is -2.21. The molecule has 0 saturated carbocycles. The Balaban J connectivity index is 4.72. The molecule has 0 aliphatic rings. The van der Waals surface area contributed by atoms with E-state index in [2.05, 4.69) is 154 Å². The highest BCUT2D eigenvalue weighted by molar-refractivity contribution is 7.47. The summed E-state index contributed by atoms with van der Waals surface area (Å²) in [5, 5.41) is 20.6. The molecule has 93 heavy (non-hydrogen) atoms. The Bertz CT molecular complexity index is 2230. The number of phosphoric ester groups is 2. The predicted octanol–water partition coefficient (Wildman–Crippen LogP) is 20.0. The number of aliphatic hydroxyl groups is 2. The van der Waals surface area contributed by atoms with Crippen LogP contribution in [-0.2, 0) is 55.8 Å². The number of hydrogen-bond donors (Lipinski definition) is 4. The van der Waals surface area contributed by atoms with Crippen LogP contribution in [-0.4, -0.2) is 95.9 Å². The molecule has 0 rings (SSSR count). The fourth-order valence-corrected chi connectivity index (χ4v) is 10.6. The molecule has 0 fully saturated rings. The van der Waals surface area contributed by atoms with Gasteiger partial charge in [0.2, 0.25) is 0 Å². The first kappa shape index (κ1) is 88.7. The first-order valence-corrected chi connectivity index (χ1v) is 38.5. The molecule has 0 aromatic heterocycles. The maximum Gasteiger partial charge on any atom is 0.472 e. The van der Waals surface area contributed by atoms with Gasteiger partial charge in [0.15, 0.2) is 6.10 Å². The van der Waals surface area contributed by atoms with Gasteiger partial charge in [-0.3, -0.25) is 32.5 Å². The van der Waals surface area contributed by atoms with Crippen molar-refractivity contribution < 1.29 is 75.8 Å². The van der Waals surface area contributed by atoms with Crippen LogP contribution in [0.5, 0.6) is 0 Å². The second-order valence-electron chi connectivity index (χ2n) is 23.3. The molecule has 4 N–H and O–H groups in total. The van der Waals surface area contributed by atoms with Gasteiger partial charge in [-0.05, 0) is 135 Å². The molecule has 0 spiro atoms. The van der Waals surface area contributed by atoms with Crippen LogP contribution in [0.1, 0.15) is 265 Å². The summed E-state index contributed by atoms with van der Waals surface area (Å²) in [6.07, 6.45) is 79.2. The molecule has 5 unspecified atom stereocenters. The number of unbranched alkanes of at least 4 members (excludes halogenated alkanes) is 21. The Labute approximate surface area is 563 Å². The maximum absolute atomic E-state index is 12.9. The Morgan fingerprint density at radius 1 is 0.312 bits per heavy atom. The fourth-order valence-electron chi connectivity index (χ4n) is 8.97. The topological polar surface area (TPSA) is 231 Å². The number of rotatable bonds is 66. The zero-order chi connectivity index (χ0) is 68.1. The van der Waals surface area contributed by atoms with Crippen LogP contribution in [0.3, 0.4) is 0 Å². The second kappa shape index (κ2) is 67.7. The van der Waals surface area contributed by atoms with Crippen LogP contribution in [0.15, 0.2) is 134 Å². The van der Waals surface area contributed by atoms with E-state index in [9.17, 15) is 43.5 Å². The summed E-state index contributed by atoms with van der Waals surface area (Å²) < 4.78 is 60.9. The van der Waals surface area contributed by atoms with Gasteiger partial charge in [0.25, 0.3) is 0 Å². The van der Waals surface area contributed by atoms with E-state index in [4.69, 9.17) is 32.3 Å². The van der Waals surface area contributed by atoms with Gasteiger partial charge >= 0.3 is 33.6 Å². The van der Waals surface area contributed by atoms with Crippen molar-refractivity contribution in [2.75, 3.05) is 39.6 Å². The van der Waals surface area contributed by atoms with E-state index in [0.717, 1.165) is 167 Å². The van der Waals surface area contributed by atoms with Crippen LogP contribution in [0.2, 0.25) is 0 Å². The molecular formula is C75H126O16P2. The molecule has 0 aromatic rings. The first-order chi connectivity index (χ1) is 45.2. The number of aliphatic hydroxyl groups excluding tert-OH is 2. The Kier molecular flexibility index (Phi) is 64.5. The summed E-state index contributed by atoms with van der Waals surface area (Å²) in [5.41, 5.74) is 0. The fraction of sp³-hybridized carbons (Fsp3) is 0.667. The first-order valence-electron chi connectivity index (χ1n) is 35.5. The van der Waals surface area contributed by atoms with Crippen molar-refractivity contribution >= 4 is 33.6 Å². The summed E-state index contributed by atoms with van der Waals surface area (Å²) >= 11 is 0. The molecule has 18 heteroatoms. The van der Waals surface area contributed by atoms with Gasteiger partial charge in [0.1, 0.15) is 25.4 Å². The van der Waals surface area contributed by atoms with Gasteiger partial charge in [-0.15, -0.1) is 0 Å². The van der Waals surface area contributed by atoms with E-state index in [1.807, 2.05) is 0 Å². The molecule has 0 aliphatic carbocycles. The van der Waals surface area contributed by atoms with Crippen molar-refractivity contribution in [1.29, 1.82) is 0 Å². The average Bonchev–Trinajstić information content (AvgIpc) is 3.71. The minimum Gasteiger partial charge on any atom is -0.463 e. The van der Waals surface area contributed by atoms with Gasteiger partial charge in [0, 0.05) is 19.3 Å². The summed E-state index contributed by atoms with van der Waals surface area (Å²) in [7, 11) is -9.80. The SMILES string of the molecule is CC/C=C\C/C=C\C/C=C\C/C=C\C/C=C\CCCCCCCC(=O)OCC(O)COP(=O)(O)OCC(O)COP(=O)(O)OCC(COC(=O)CCCCCCC/C=C\C/C=C\C/C=C\C/C=C\C/C=C\CC)OC(=O)CCCCCCC/C=C\CCCCCCCC. The number of hydrogen-bond acceptors (Lipinski definition) is 14. The number of carbonyl (C=O) groups excluding carboxylic acids is 3. The highest BCUT2D eigenvalue weighted by Crippen LogP contribution is 2.45. The third-order valence-electron chi connectivity index (χ3n) is 14.3. The Morgan fingerprint density at radius 3 is 0.914 bits per heavy atom. The molecule has 532 valence electrons. The highest BCUT2D eigenvalue weighted by Gasteiger charge is 2.29. The summed E-state index contributed by atoms with van der Waals surface area (Å²) in [6, 6.07) is 0. The number of esters is 3. The minimum atomic E-state index is -4.94. The summed E-state index contributed by atoms with van der Waals surface area (Å²) in [5.74, 6) is -1.63. The van der Waals surface area contributed by atoms with Gasteiger partial charge in [-0.1, -0.05) is 244 Å². The third-order valence-corrected chi connectivity index (χ3v) is 16.2. The zero-order valence-electron chi connectivity index (χ0n) is 57.6. The van der Waals surface area contributed by atoms with E-state index in [0.29, 0.717) is 19.3 Å². The molecule has 5 atom stereocenters. The monoisotopic (exact) mass is 1340 g/mol. The smallest absolute Gasteiger partial charge is 0.463 e. The highest BCUT2D eigenvalue weighted by atomic mass is 31.2. The summed E-state index contributed by atoms with van der Waals surface area (Å²) in [4.78, 5) is 58.5. The van der Waals surface area contributed by atoms with Crippen LogP contribution in [0.25, 0.3) is 0 Å². The van der Waals surface area contributed by atoms with Crippen LogP contribution in [0, 0.1) is 0 Å². The van der Waals surface area contributed by atoms with Crippen molar-refractivity contribution in [1.82, 2.24) is 0 Å². The predicted molar refractivity (Wildman–Crippen MR) is 380 cm³/mol. The molecular weight excluding hydrogens is 1220 g/mol. The molecule has 0 heterocycles. The quantitative estimate of drug-likeness (QED) is 0.0146. The second-order valence-corrected chi connectivity index (χ2v) is 26.2. The van der Waals surface area contributed by atoms with Crippen molar-refractivity contribution in [3.05, 3.63) is 134 Å². The molecule has 0 aromatic carbocycles. The van der Waals surface area contributed by atoms with Crippen LogP contribution >= 0.6 is 15.6 Å². The number of allylic oxidation sites excluding steroid dienone is 22. The van der Waals surface area contributed by atoms with Gasteiger partial charge in [0.05, 0.1) is 26.4 Å². The van der Waals surface area contributed by atoms with Crippen LogP contribution in [0.4, 0.5) is 0 Å². The van der Waals surface area contributed by atoms with Crippen molar-refractivity contribution in [3.8, 4) is 0 Å². The molecule has 0 radical (unpaired) electrons.